The van der Waals surface area contributed by atoms with E-state index in [9.17, 15) is 4.79 Å². The second kappa shape index (κ2) is 6.36. The summed E-state index contributed by atoms with van der Waals surface area (Å²) in [5.41, 5.74) is 6.73. The van der Waals surface area contributed by atoms with E-state index < -0.39 is 0 Å². The predicted molar refractivity (Wildman–Crippen MR) is 72.8 cm³/mol. The molecule has 1 aromatic rings. The molecule has 0 aliphatic carbocycles. The fourth-order valence-corrected chi connectivity index (χ4v) is 2.32. The van der Waals surface area contributed by atoms with Gasteiger partial charge in [-0.25, -0.2) is 0 Å². The molecule has 0 aromatic heterocycles. The molecule has 0 saturated carbocycles. The molecular weight excluding hydrogens is 224 g/mol. The molecule has 1 amide bonds. The van der Waals surface area contributed by atoms with Crippen molar-refractivity contribution < 1.29 is 4.79 Å². The van der Waals surface area contributed by atoms with E-state index in [-0.39, 0.29) is 11.8 Å². The van der Waals surface area contributed by atoms with Crippen LogP contribution in [0.3, 0.4) is 0 Å². The summed E-state index contributed by atoms with van der Waals surface area (Å²) in [6.45, 7) is 2.52. The van der Waals surface area contributed by atoms with Crippen molar-refractivity contribution in [1.29, 1.82) is 0 Å². The monoisotopic (exact) mass is 244 g/mol. The zero-order chi connectivity index (χ0) is 12.8. The molecule has 3 nitrogen and oxygen atoms in total. The molecule has 2 rings (SSSR count). The molecule has 18 heavy (non-hydrogen) atoms. The zero-order valence-corrected chi connectivity index (χ0v) is 10.6. The van der Waals surface area contributed by atoms with Crippen LogP contribution in [0.25, 0.3) is 0 Å². The predicted octanol–water partition coefficient (Wildman–Crippen LogP) is 1.94. The van der Waals surface area contributed by atoms with Crippen LogP contribution >= 0.6 is 0 Å². The minimum absolute atomic E-state index is 0.0290. The van der Waals surface area contributed by atoms with Crippen molar-refractivity contribution in [2.75, 3.05) is 13.1 Å². The van der Waals surface area contributed by atoms with Crippen LogP contribution in [0.5, 0.6) is 0 Å². The topological polar surface area (TPSA) is 46.3 Å². The van der Waals surface area contributed by atoms with E-state index in [1.165, 1.54) is 5.56 Å². The van der Waals surface area contributed by atoms with Gasteiger partial charge in [0.15, 0.2) is 0 Å². The number of carbonyl (C=O) groups excluding carboxylic acids is 1. The van der Waals surface area contributed by atoms with Crippen molar-refractivity contribution in [2.24, 2.45) is 11.7 Å². The number of rotatable bonds is 3. The lowest BCUT2D eigenvalue weighted by atomic mass is 10.00. The van der Waals surface area contributed by atoms with E-state index in [1.54, 1.807) is 0 Å². The minimum atomic E-state index is -0.177. The van der Waals surface area contributed by atoms with Crippen LogP contribution in [0, 0.1) is 5.92 Å². The van der Waals surface area contributed by atoms with Crippen LogP contribution in [0.4, 0.5) is 0 Å². The molecule has 0 spiro atoms. The van der Waals surface area contributed by atoms with Gasteiger partial charge in [-0.05, 0) is 18.4 Å². The lowest BCUT2D eigenvalue weighted by Crippen LogP contribution is -2.36. The van der Waals surface area contributed by atoms with Gasteiger partial charge in [-0.1, -0.05) is 42.5 Å². The molecule has 0 saturated heterocycles. The molecule has 0 fully saturated rings. The highest BCUT2D eigenvalue weighted by atomic mass is 16.1. The van der Waals surface area contributed by atoms with E-state index in [2.05, 4.69) is 29.2 Å². The largest absolute Gasteiger partial charge is 0.369 e. The smallest absolute Gasteiger partial charge is 0.221 e. The molecule has 2 N–H and O–H groups in total. The summed E-state index contributed by atoms with van der Waals surface area (Å²) in [6.07, 6.45) is 6.14. The maximum absolute atomic E-state index is 11.4. The lowest BCUT2D eigenvalue weighted by molar-refractivity contribution is -0.122. The molecule has 1 aromatic carbocycles. The molecule has 0 unspecified atom stereocenters. The van der Waals surface area contributed by atoms with E-state index in [0.717, 1.165) is 32.5 Å². The summed E-state index contributed by atoms with van der Waals surface area (Å²) in [7, 11) is 0. The molecule has 0 radical (unpaired) electrons. The molecule has 1 aliphatic rings. The molecule has 0 bridgehead atoms. The first kappa shape index (κ1) is 12.8. The van der Waals surface area contributed by atoms with Crippen LogP contribution in [0.2, 0.25) is 0 Å². The van der Waals surface area contributed by atoms with Gasteiger partial charge in [0.05, 0.1) is 5.92 Å². The standard InChI is InChI=1S/C15H20N2O/c16-15(18)14-9-5-2-6-10-17(12-14)11-13-7-3-1-4-8-13/h1-4,6-8,14H,5,9-12H2,(H2,16,18)/t14-/m0/s1. The molecule has 96 valence electrons. The Kier molecular flexibility index (Phi) is 4.53. The van der Waals surface area contributed by atoms with E-state index in [4.69, 9.17) is 5.73 Å². The molecule has 1 aliphatic heterocycles. The number of hydrogen-bond donors (Lipinski definition) is 1. The second-order valence-corrected chi connectivity index (χ2v) is 4.83. The van der Waals surface area contributed by atoms with Crippen molar-refractivity contribution in [3.05, 3.63) is 48.0 Å². The Bertz CT molecular complexity index is 414. The summed E-state index contributed by atoms with van der Waals surface area (Å²) in [6, 6.07) is 10.3. The third kappa shape index (κ3) is 3.70. The number of allylic oxidation sites excluding steroid dienone is 1. The van der Waals surface area contributed by atoms with Crippen LogP contribution in [-0.4, -0.2) is 23.9 Å². The van der Waals surface area contributed by atoms with Crippen LogP contribution in [0.1, 0.15) is 18.4 Å². The van der Waals surface area contributed by atoms with E-state index in [1.807, 2.05) is 18.2 Å². The fourth-order valence-electron chi connectivity index (χ4n) is 2.32. The van der Waals surface area contributed by atoms with Crippen LogP contribution < -0.4 is 5.73 Å². The molecule has 1 heterocycles. The first-order valence-corrected chi connectivity index (χ1v) is 6.46. The van der Waals surface area contributed by atoms with Gasteiger partial charge in [-0.15, -0.1) is 0 Å². The second-order valence-electron chi connectivity index (χ2n) is 4.83. The Labute approximate surface area is 108 Å². The Balaban J connectivity index is 2.03. The van der Waals surface area contributed by atoms with Gasteiger partial charge in [0, 0.05) is 19.6 Å². The van der Waals surface area contributed by atoms with Crippen molar-refractivity contribution in [3.8, 4) is 0 Å². The number of primary amides is 1. The summed E-state index contributed by atoms with van der Waals surface area (Å²) < 4.78 is 0. The number of nitrogens with two attached hydrogens (primary N) is 1. The van der Waals surface area contributed by atoms with Crippen molar-refractivity contribution >= 4 is 5.91 Å². The van der Waals surface area contributed by atoms with Crippen LogP contribution in [-0.2, 0) is 11.3 Å². The van der Waals surface area contributed by atoms with Crippen LogP contribution in [0.15, 0.2) is 42.5 Å². The highest BCUT2D eigenvalue weighted by molar-refractivity contribution is 5.76. The summed E-state index contributed by atoms with van der Waals surface area (Å²) >= 11 is 0. The average molecular weight is 244 g/mol. The minimum Gasteiger partial charge on any atom is -0.369 e. The number of amides is 1. The van der Waals surface area contributed by atoms with Gasteiger partial charge in [0.25, 0.3) is 0 Å². The highest BCUT2D eigenvalue weighted by Gasteiger charge is 2.19. The number of nitrogens with zero attached hydrogens (tertiary/aromatic N) is 1. The summed E-state index contributed by atoms with van der Waals surface area (Å²) in [5.74, 6) is -0.206. The number of hydrogen-bond acceptors (Lipinski definition) is 2. The Morgan fingerprint density at radius 2 is 2.06 bits per heavy atom. The van der Waals surface area contributed by atoms with Gasteiger partial charge in [-0.3, -0.25) is 9.69 Å². The molecular formula is C15H20N2O. The Hall–Kier alpha value is -1.61. The van der Waals surface area contributed by atoms with Gasteiger partial charge in [0.2, 0.25) is 5.91 Å². The number of carbonyl (C=O) groups is 1. The fraction of sp³-hybridized carbons (Fsp3) is 0.400. The summed E-state index contributed by atoms with van der Waals surface area (Å²) in [5, 5.41) is 0. The van der Waals surface area contributed by atoms with Gasteiger partial charge in [-0.2, -0.15) is 0 Å². The quantitative estimate of drug-likeness (QED) is 0.826. The zero-order valence-electron chi connectivity index (χ0n) is 10.6. The maximum Gasteiger partial charge on any atom is 0.221 e. The Morgan fingerprint density at radius 1 is 1.28 bits per heavy atom. The SMILES string of the molecule is NC(=O)[C@H]1CCC=CCN(Cc2ccccc2)C1. The highest BCUT2D eigenvalue weighted by Crippen LogP contribution is 2.14. The summed E-state index contributed by atoms with van der Waals surface area (Å²) in [4.78, 5) is 13.7. The number of benzene rings is 1. The lowest BCUT2D eigenvalue weighted by Gasteiger charge is -2.26. The first-order chi connectivity index (χ1) is 8.75. The Morgan fingerprint density at radius 3 is 2.78 bits per heavy atom. The van der Waals surface area contributed by atoms with Gasteiger partial charge in [0.1, 0.15) is 0 Å². The van der Waals surface area contributed by atoms with Crippen molar-refractivity contribution in [3.63, 3.8) is 0 Å². The third-order valence-electron chi connectivity index (χ3n) is 3.34. The molecule has 3 heteroatoms. The average Bonchev–Trinajstić information content (AvgIpc) is 2.33. The van der Waals surface area contributed by atoms with E-state index in [0.29, 0.717) is 0 Å². The first-order valence-electron chi connectivity index (χ1n) is 6.46. The normalized spacial score (nSPS) is 21.2. The maximum atomic E-state index is 11.4. The third-order valence-corrected chi connectivity index (χ3v) is 3.34. The van der Waals surface area contributed by atoms with Crippen molar-refractivity contribution in [1.82, 2.24) is 4.90 Å². The van der Waals surface area contributed by atoms with Crippen molar-refractivity contribution in [2.45, 2.75) is 19.4 Å². The molecule has 1 atom stereocenters. The van der Waals surface area contributed by atoms with Gasteiger partial charge >= 0.3 is 0 Å². The van der Waals surface area contributed by atoms with E-state index >= 15 is 0 Å². The van der Waals surface area contributed by atoms with Gasteiger partial charge < -0.3 is 5.73 Å².